The van der Waals surface area contributed by atoms with Crippen LogP contribution in [0.3, 0.4) is 0 Å². The summed E-state index contributed by atoms with van der Waals surface area (Å²) in [5.74, 6) is -0.694. The molecule has 0 fully saturated rings. The second-order valence-electron chi connectivity index (χ2n) is 6.90. The van der Waals surface area contributed by atoms with Gasteiger partial charge < -0.3 is 14.7 Å². The van der Waals surface area contributed by atoms with E-state index in [9.17, 15) is 8.78 Å². The van der Waals surface area contributed by atoms with Crippen molar-refractivity contribution in [1.29, 1.82) is 0 Å². The highest BCUT2D eigenvalue weighted by molar-refractivity contribution is 6.31. The molecular weight excluding hydrogens is 410 g/mol. The van der Waals surface area contributed by atoms with Gasteiger partial charge in [-0.15, -0.1) is 0 Å². The maximum atomic E-state index is 14.7. The second kappa shape index (κ2) is 7.42. The third kappa shape index (κ3) is 3.48. The first-order chi connectivity index (χ1) is 14.6. The van der Waals surface area contributed by atoms with Gasteiger partial charge in [-0.2, -0.15) is 0 Å². The molecule has 0 saturated carbocycles. The van der Waals surface area contributed by atoms with E-state index in [1.807, 2.05) is 24.3 Å². The molecule has 150 valence electrons. The monoisotopic (exact) mass is 424 g/mol. The number of rotatable bonds is 5. The Bertz CT molecular complexity index is 1320. The van der Waals surface area contributed by atoms with Crippen LogP contribution < -0.4 is 4.74 Å². The molecule has 5 rings (SSSR count). The maximum Gasteiger partial charge on any atom is 0.146 e. The zero-order valence-corrected chi connectivity index (χ0v) is 16.3. The third-order valence-corrected chi connectivity index (χ3v) is 5.09. The zero-order chi connectivity index (χ0) is 20.7. The number of H-pyrrole nitrogens is 2. The van der Waals surface area contributed by atoms with Crippen LogP contribution in [0.1, 0.15) is 17.0 Å². The van der Waals surface area contributed by atoms with E-state index in [2.05, 4.69) is 19.9 Å². The highest BCUT2D eigenvalue weighted by Gasteiger charge is 2.16. The topological polar surface area (TPSA) is 66.6 Å². The summed E-state index contributed by atoms with van der Waals surface area (Å²) in [6.07, 6.45) is 3.25. The lowest BCUT2D eigenvalue weighted by atomic mass is 10.0. The van der Waals surface area contributed by atoms with Gasteiger partial charge in [-0.25, -0.2) is 18.7 Å². The van der Waals surface area contributed by atoms with Crippen molar-refractivity contribution >= 4 is 33.7 Å². The molecular formula is C22H15ClF2N4O. The highest BCUT2D eigenvalue weighted by Crippen LogP contribution is 2.27. The largest absolute Gasteiger partial charge is 0.485 e. The lowest BCUT2D eigenvalue weighted by Gasteiger charge is -2.09. The van der Waals surface area contributed by atoms with Gasteiger partial charge in [0, 0.05) is 41.9 Å². The van der Waals surface area contributed by atoms with E-state index in [1.54, 1.807) is 12.3 Å². The fourth-order valence-electron chi connectivity index (χ4n) is 3.43. The average molecular weight is 425 g/mol. The lowest BCUT2D eigenvalue weighted by molar-refractivity contribution is 0.294. The van der Waals surface area contributed by atoms with Crippen molar-refractivity contribution in [3.05, 3.63) is 88.5 Å². The van der Waals surface area contributed by atoms with Gasteiger partial charge in [-0.05, 0) is 23.8 Å². The fourth-order valence-corrected chi connectivity index (χ4v) is 3.58. The molecule has 5 nitrogen and oxygen atoms in total. The number of imidazole rings is 1. The van der Waals surface area contributed by atoms with E-state index in [0.717, 1.165) is 16.4 Å². The first kappa shape index (κ1) is 18.6. The number of benzene rings is 2. The molecule has 0 unspecified atom stereocenters. The SMILES string of the molecule is Fc1cc(OCc2nc3ccccc3[nH]2)cc(F)c1Cc1c[nH]c2ncc(Cl)cc12. The molecule has 0 amide bonds. The summed E-state index contributed by atoms with van der Waals surface area (Å²) in [5.41, 5.74) is 2.94. The molecule has 0 spiro atoms. The number of aromatic amines is 2. The van der Waals surface area contributed by atoms with E-state index < -0.39 is 11.6 Å². The van der Waals surface area contributed by atoms with Crippen molar-refractivity contribution in [1.82, 2.24) is 19.9 Å². The van der Waals surface area contributed by atoms with Crippen LogP contribution in [0.4, 0.5) is 8.78 Å². The van der Waals surface area contributed by atoms with Gasteiger partial charge in [-0.3, -0.25) is 0 Å². The molecule has 0 radical (unpaired) electrons. The molecule has 30 heavy (non-hydrogen) atoms. The third-order valence-electron chi connectivity index (χ3n) is 4.88. The number of para-hydroxylation sites is 2. The predicted octanol–water partition coefficient (Wildman–Crippen LogP) is 5.54. The number of hydrogen-bond donors (Lipinski definition) is 2. The molecule has 3 heterocycles. The number of nitrogens with zero attached hydrogens (tertiary/aromatic N) is 2. The van der Waals surface area contributed by atoms with Gasteiger partial charge in [0.1, 0.15) is 35.5 Å². The Morgan fingerprint density at radius 2 is 1.87 bits per heavy atom. The Labute approximate surface area is 174 Å². The number of halogens is 3. The van der Waals surface area contributed by atoms with Crippen LogP contribution in [0.2, 0.25) is 5.02 Å². The first-order valence-corrected chi connectivity index (χ1v) is 9.60. The number of fused-ring (bicyclic) bond motifs is 2. The minimum Gasteiger partial charge on any atom is -0.485 e. The molecule has 0 saturated heterocycles. The number of hydrogen-bond acceptors (Lipinski definition) is 3. The normalized spacial score (nSPS) is 11.4. The van der Waals surface area contributed by atoms with Crippen molar-refractivity contribution in [2.45, 2.75) is 13.0 Å². The summed E-state index contributed by atoms with van der Waals surface area (Å²) < 4.78 is 34.9. The van der Waals surface area contributed by atoms with Crippen LogP contribution in [0, 0.1) is 11.6 Å². The Morgan fingerprint density at radius 3 is 2.67 bits per heavy atom. The molecule has 0 bridgehead atoms. The van der Waals surface area contributed by atoms with E-state index in [1.165, 1.54) is 18.3 Å². The predicted molar refractivity (Wildman–Crippen MR) is 111 cm³/mol. The standard InChI is InChI=1S/C22H15ClF2N4O/c23-13-6-15-12(9-26-22(15)27-10-13)5-16-17(24)7-14(8-18(16)25)30-11-21-28-19-3-1-2-4-20(19)29-21/h1-4,6-10H,5,11H2,(H,26,27)(H,28,29). The van der Waals surface area contributed by atoms with Crippen molar-refractivity contribution < 1.29 is 13.5 Å². The molecule has 2 N–H and O–H groups in total. The molecule has 5 aromatic rings. The lowest BCUT2D eigenvalue weighted by Crippen LogP contribution is -2.02. The summed E-state index contributed by atoms with van der Waals surface area (Å²) in [5, 5.41) is 1.19. The van der Waals surface area contributed by atoms with Crippen molar-refractivity contribution in [3.8, 4) is 5.75 Å². The van der Waals surface area contributed by atoms with Crippen molar-refractivity contribution in [3.63, 3.8) is 0 Å². The second-order valence-corrected chi connectivity index (χ2v) is 7.33. The number of ether oxygens (including phenoxy) is 1. The van der Waals surface area contributed by atoms with Crippen LogP contribution in [0.15, 0.2) is 54.9 Å². The van der Waals surface area contributed by atoms with Gasteiger partial charge in [0.25, 0.3) is 0 Å². The minimum absolute atomic E-state index is 0.0491. The quantitative estimate of drug-likeness (QED) is 0.389. The molecule has 3 aromatic heterocycles. The summed E-state index contributed by atoms with van der Waals surface area (Å²) in [4.78, 5) is 14.7. The number of aromatic nitrogens is 4. The van der Waals surface area contributed by atoms with Gasteiger partial charge >= 0.3 is 0 Å². The van der Waals surface area contributed by atoms with E-state index in [4.69, 9.17) is 16.3 Å². The van der Waals surface area contributed by atoms with E-state index >= 15 is 0 Å². The smallest absolute Gasteiger partial charge is 0.146 e. The van der Waals surface area contributed by atoms with Gasteiger partial charge in [0.2, 0.25) is 0 Å². The summed E-state index contributed by atoms with van der Waals surface area (Å²) in [7, 11) is 0. The van der Waals surface area contributed by atoms with Gasteiger partial charge in [-0.1, -0.05) is 23.7 Å². The summed E-state index contributed by atoms with van der Waals surface area (Å²) in [6.45, 7) is 0.0690. The van der Waals surface area contributed by atoms with Crippen LogP contribution in [0.25, 0.3) is 22.1 Å². The van der Waals surface area contributed by atoms with Crippen LogP contribution >= 0.6 is 11.6 Å². The van der Waals surface area contributed by atoms with Crippen LogP contribution in [0.5, 0.6) is 5.75 Å². The Morgan fingerprint density at radius 1 is 1.07 bits per heavy atom. The van der Waals surface area contributed by atoms with Crippen LogP contribution in [-0.2, 0) is 13.0 Å². The summed E-state index contributed by atoms with van der Waals surface area (Å²) in [6, 6.07) is 11.6. The van der Waals surface area contributed by atoms with Crippen molar-refractivity contribution in [2.75, 3.05) is 0 Å². The fraction of sp³-hybridized carbons (Fsp3) is 0.0909. The highest BCUT2D eigenvalue weighted by atomic mass is 35.5. The Balaban J connectivity index is 1.37. The minimum atomic E-state index is -0.682. The number of pyridine rings is 1. The molecule has 0 aliphatic rings. The first-order valence-electron chi connectivity index (χ1n) is 9.22. The molecule has 2 aromatic carbocycles. The maximum absolute atomic E-state index is 14.7. The zero-order valence-electron chi connectivity index (χ0n) is 15.5. The number of nitrogens with one attached hydrogen (secondary N) is 2. The van der Waals surface area contributed by atoms with E-state index in [-0.39, 0.29) is 24.3 Å². The van der Waals surface area contributed by atoms with E-state index in [0.29, 0.717) is 22.1 Å². The van der Waals surface area contributed by atoms with Gasteiger partial charge in [0.05, 0.1) is 16.1 Å². The average Bonchev–Trinajstić information content (AvgIpc) is 3.32. The molecule has 0 atom stereocenters. The Hall–Kier alpha value is -3.45. The summed E-state index contributed by atoms with van der Waals surface area (Å²) >= 11 is 6.00. The Kier molecular flexibility index (Phi) is 4.59. The van der Waals surface area contributed by atoms with Crippen molar-refractivity contribution in [2.24, 2.45) is 0 Å². The van der Waals surface area contributed by atoms with Gasteiger partial charge in [0.15, 0.2) is 0 Å². The molecule has 8 heteroatoms. The van der Waals surface area contributed by atoms with Crippen LogP contribution in [-0.4, -0.2) is 19.9 Å². The molecule has 0 aliphatic carbocycles. The molecule has 0 aliphatic heterocycles.